The molecule has 0 aromatic carbocycles. The van der Waals surface area contributed by atoms with Gasteiger partial charge in [0.05, 0.1) is 0 Å². The van der Waals surface area contributed by atoms with Gasteiger partial charge in [-0.05, 0) is 0 Å². The van der Waals surface area contributed by atoms with Crippen LogP contribution in [0.3, 0.4) is 0 Å². The van der Waals surface area contributed by atoms with Crippen LogP contribution in [0.25, 0.3) is 0 Å². The van der Waals surface area contributed by atoms with Crippen LogP contribution in [0.15, 0.2) is 0 Å². The Morgan fingerprint density at radius 2 is 2.33 bits per heavy atom. The van der Waals surface area contributed by atoms with Gasteiger partial charge >= 0.3 is 52.4 Å². The molecule has 0 aliphatic carbocycles. The monoisotopic (exact) mass is 193 g/mol. The van der Waals surface area contributed by atoms with E-state index in [0.717, 1.165) is 6.42 Å². The van der Waals surface area contributed by atoms with Gasteiger partial charge in [0.15, 0.2) is 0 Å². The van der Waals surface area contributed by atoms with Crippen LogP contribution in [-0.2, 0) is 3.07 Å². The van der Waals surface area contributed by atoms with Gasteiger partial charge in [0.2, 0.25) is 0 Å². The summed E-state index contributed by atoms with van der Waals surface area (Å²) in [7, 11) is 0. The predicted molar refractivity (Wildman–Crippen MR) is 26.6 cm³/mol. The fraction of sp³-hybridized carbons (Fsp3) is 1.00. The molecule has 0 aromatic heterocycles. The van der Waals surface area contributed by atoms with Crippen molar-refractivity contribution in [1.82, 2.24) is 0 Å². The zero-order chi connectivity index (χ0) is 4.99. The molecule has 6 heavy (non-hydrogen) atoms. The van der Waals surface area contributed by atoms with Crippen LogP contribution < -0.4 is 0 Å². The molecule has 0 saturated heterocycles. The van der Waals surface area contributed by atoms with Crippen LogP contribution in [-0.4, -0.2) is 29.0 Å². The Morgan fingerprint density at radius 3 is 2.33 bits per heavy atom. The number of rotatable bonds is 2. The normalized spacial score (nSPS) is 14.5. The van der Waals surface area contributed by atoms with Crippen LogP contribution in [0.5, 0.6) is 0 Å². The zero-order valence-electron chi connectivity index (χ0n) is 4.19. The summed E-state index contributed by atoms with van der Waals surface area (Å²) in [5.74, 6) is 0. The van der Waals surface area contributed by atoms with Gasteiger partial charge in [0, 0.05) is 0 Å². The average molecular weight is 192 g/mol. The van der Waals surface area contributed by atoms with Crippen LogP contribution in [0.2, 0.25) is 0 Å². The summed E-state index contributed by atoms with van der Waals surface area (Å²) in [4.78, 5) is 0. The minimum atomic E-state index is 0.475. The predicted octanol–water partition coefficient (Wildman–Crippen LogP) is 0.885. The molecule has 3 radical (unpaired) electrons. The van der Waals surface area contributed by atoms with E-state index in [1.165, 1.54) is 22.9 Å². The molecule has 1 unspecified atom stereocenters. The average Bonchev–Trinajstić information content (AvgIpc) is 1.65. The molecule has 0 N–H and O–H groups in total. The Morgan fingerprint density at radius 1 is 1.83 bits per heavy atom. The first-order valence-electron chi connectivity index (χ1n) is 2.13. The van der Waals surface area contributed by atoms with Crippen molar-refractivity contribution in [1.29, 1.82) is 0 Å². The molecular formula is C4H9OSn. The Labute approximate surface area is 52.7 Å². The van der Waals surface area contributed by atoms with E-state index in [1.807, 2.05) is 0 Å². The molecule has 0 saturated carbocycles. The van der Waals surface area contributed by atoms with Gasteiger partial charge in [0.1, 0.15) is 0 Å². The van der Waals surface area contributed by atoms with Gasteiger partial charge in [0.25, 0.3) is 0 Å². The number of hydrogen-bond donors (Lipinski definition) is 0. The third-order valence-electron chi connectivity index (χ3n) is 0.776. The van der Waals surface area contributed by atoms with Gasteiger partial charge < -0.3 is 0 Å². The van der Waals surface area contributed by atoms with Gasteiger partial charge in [-0.15, -0.1) is 0 Å². The standard InChI is InChI=1S/C4H9O.Sn/c1-3-4(2)5;/h4H,3H2,1-2H3;/q-1;+1. The van der Waals surface area contributed by atoms with Gasteiger partial charge in [-0.25, -0.2) is 0 Å². The van der Waals surface area contributed by atoms with E-state index < -0.39 is 0 Å². The van der Waals surface area contributed by atoms with Crippen molar-refractivity contribution in [3.63, 3.8) is 0 Å². The second-order valence-electron chi connectivity index (χ2n) is 1.34. The Balaban J connectivity index is 2.75. The first-order valence-corrected chi connectivity index (χ1v) is 3.30. The molecule has 1 nitrogen and oxygen atoms in total. The van der Waals surface area contributed by atoms with Crippen molar-refractivity contribution in [2.45, 2.75) is 26.4 Å². The summed E-state index contributed by atoms with van der Waals surface area (Å²) in [6.45, 7) is 4.20. The quantitative estimate of drug-likeness (QED) is 0.590. The Hall–Kier alpha value is 0.759. The maximum atomic E-state index is 4.99. The molecule has 0 aliphatic heterocycles. The maximum absolute atomic E-state index is 4.99. The molecule has 0 bridgehead atoms. The first kappa shape index (κ1) is 6.76. The third-order valence-corrected chi connectivity index (χ3v) is 1.92. The molecule has 35 valence electrons. The zero-order valence-corrected chi connectivity index (χ0v) is 7.05. The van der Waals surface area contributed by atoms with E-state index in [0.29, 0.717) is 6.10 Å². The van der Waals surface area contributed by atoms with E-state index in [4.69, 9.17) is 3.07 Å². The van der Waals surface area contributed by atoms with Gasteiger partial charge in [-0.1, -0.05) is 0 Å². The van der Waals surface area contributed by atoms with E-state index in [1.54, 1.807) is 0 Å². The summed E-state index contributed by atoms with van der Waals surface area (Å²) in [5.41, 5.74) is 0. The molecule has 1 atom stereocenters. The fourth-order valence-corrected chi connectivity index (χ4v) is 0.559. The Kier molecular flexibility index (Phi) is 4.43. The van der Waals surface area contributed by atoms with Crippen LogP contribution in [0, 0.1) is 0 Å². The second-order valence-corrected chi connectivity index (χ2v) is 2.01. The van der Waals surface area contributed by atoms with Crippen molar-refractivity contribution >= 4 is 22.9 Å². The van der Waals surface area contributed by atoms with E-state index in [2.05, 4.69) is 13.8 Å². The van der Waals surface area contributed by atoms with Crippen LogP contribution in [0.1, 0.15) is 20.3 Å². The van der Waals surface area contributed by atoms with Gasteiger partial charge in [-0.3, -0.25) is 0 Å². The fourth-order valence-electron chi connectivity index (χ4n) is 0.0833. The molecule has 0 fully saturated rings. The molecule has 0 heterocycles. The first-order chi connectivity index (χ1) is 2.81. The topological polar surface area (TPSA) is 9.23 Å². The van der Waals surface area contributed by atoms with E-state index >= 15 is 0 Å². The SMILES string of the molecule is CCC(C)[O][Sn]. The molecule has 0 rings (SSSR count). The molecule has 0 amide bonds. The van der Waals surface area contributed by atoms with Crippen LogP contribution in [0.4, 0.5) is 0 Å². The van der Waals surface area contributed by atoms with E-state index in [-0.39, 0.29) is 0 Å². The van der Waals surface area contributed by atoms with E-state index in [9.17, 15) is 0 Å². The summed E-state index contributed by atoms with van der Waals surface area (Å²) >= 11 is 1.18. The summed E-state index contributed by atoms with van der Waals surface area (Å²) in [6, 6.07) is 0. The van der Waals surface area contributed by atoms with Crippen LogP contribution >= 0.6 is 0 Å². The summed E-state index contributed by atoms with van der Waals surface area (Å²) in [5, 5.41) is 0. The van der Waals surface area contributed by atoms with Crippen molar-refractivity contribution in [2.75, 3.05) is 0 Å². The van der Waals surface area contributed by atoms with Crippen molar-refractivity contribution < 1.29 is 3.07 Å². The number of hydrogen-bond acceptors (Lipinski definition) is 1. The third kappa shape index (κ3) is 2.97. The molecule has 2 heteroatoms. The molecule has 0 aromatic rings. The summed E-state index contributed by atoms with van der Waals surface area (Å²) in [6.07, 6.45) is 1.61. The summed E-state index contributed by atoms with van der Waals surface area (Å²) < 4.78 is 4.99. The van der Waals surface area contributed by atoms with Gasteiger partial charge in [-0.2, -0.15) is 0 Å². The van der Waals surface area contributed by atoms with Crippen molar-refractivity contribution in [3.8, 4) is 0 Å². The molecule has 0 spiro atoms. The molecular weight excluding hydrogens is 183 g/mol. The second kappa shape index (κ2) is 3.93. The minimum absolute atomic E-state index is 0.475. The van der Waals surface area contributed by atoms with Crippen molar-refractivity contribution in [2.24, 2.45) is 0 Å². The van der Waals surface area contributed by atoms with Crippen molar-refractivity contribution in [3.05, 3.63) is 0 Å². The molecule has 0 aliphatic rings. The Bertz CT molecular complexity index is 26.7.